The molecule has 0 aliphatic carbocycles. The van der Waals surface area contributed by atoms with Gasteiger partial charge < -0.3 is 5.73 Å². The molecule has 1 aromatic carbocycles. The topological polar surface area (TPSA) is 72.2 Å². The minimum Gasteiger partial charge on any atom is -0.399 e. The number of halogens is 2. The van der Waals surface area contributed by atoms with Gasteiger partial charge in [-0.1, -0.05) is 11.6 Å². The van der Waals surface area contributed by atoms with Crippen LogP contribution in [0, 0.1) is 12.7 Å². The normalized spacial score (nSPS) is 13.3. The second kappa shape index (κ2) is 5.92. The van der Waals surface area contributed by atoms with E-state index in [-0.39, 0.29) is 16.1 Å². The first-order valence-corrected chi connectivity index (χ1v) is 8.71. The summed E-state index contributed by atoms with van der Waals surface area (Å²) in [6.45, 7) is 3.09. The first-order valence-electron chi connectivity index (χ1n) is 6.04. The van der Waals surface area contributed by atoms with Crippen LogP contribution in [0.2, 0.25) is 4.34 Å². The Morgan fingerprint density at radius 3 is 2.62 bits per heavy atom. The van der Waals surface area contributed by atoms with Crippen molar-refractivity contribution in [1.29, 1.82) is 0 Å². The molecule has 0 saturated carbocycles. The van der Waals surface area contributed by atoms with Gasteiger partial charge in [0.2, 0.25) is 10.0 Å². The summed E-state index contributed by atoms with van der Waals surface area (Å²) < 4.78 is 41.5. The van der Waals surface area contributed by atoms with Gasteiger partial charge in [-0.25, -0.2) is 17.5 Å². The van der Waals surface area contributed by atoms with Crippen molar-refractivity contribution in [3.8, 4) is 0 Å². The number of nitrogens with two attached hydrogens (primary N) is 1. The van der Waals surface area contributed by atoms with E-state index in [0.29, 0.717) is 4.34 Å². The summed E-state index contributed by atoms with van der Waals surface area (Å²) in [5.41, 5.74) is 5.62. The summed E-state index contributed by atoms with van der Waals surface area (Å²) >= 11 is 7.12. The molecule has 0 spiro atoms. The quantitative estimate of drug-likeness (QED) is 0.831. The summed E-state index contributed by atoms with van der Waals surface area (Å²) in [5.74, 6) is -0.651. The fourth-order valence-electron chi connectivity index (χ4n) is 1.87. The van der Waals surface area contributed by atoms with E-state index in [1.807, 2.05) is 0 Å². The third kappa shape index (κ3) is 3.55. The van der Waals surface area contributed by atoms with E-state index >= 15 is 0 Å². The number of nitrogen functional groups attached to an aromatic ring is 1. The number of sulfonamides is 1. The largest absolute Gasteiger partial charge is 0.399 e. The molecule has 3 N–H and O–H groups in total. The lowest BCUT2D eigenvalue weighted by atomic mass is 10.2. The molecule has 1 aromatic heterocycles. The molecule has 0 aliphatic heterocycles. The Hall–Kier alpha value is -1.15. The molecule has 1 unspecified atom stereocenters. The molecule has 0 radical (unpaired) electrons. The first-order chi connectivity index (χ1) is 9.70. The van der Waals surface area contributed by atoms with Gasteiger partial charge in [-0.05, 0) is 38.1 Å². The second-order valence-corrected chi connectivity index (χ2v) is 8.04. The highest BCUT2D eigenvalue weighted by atomic mass is 35.5. The van der Waals surface area contributed by atoms with Crippen molar-refractivity contribution in [3.05, 3.63) is 44.9 Å². The van der Waals surface area contributed by atoms with Gasteiger partial charge in [0.25, 0.3) is 0 Å². The van der Waals surface area contributed by atoms with Gasteiger partial charge in [0.1, 0.15) is 5.82 Å². The van der Waals surface area contributed by atoms with Crippen molar-refractivity contribution < 1.29 is 12.8 Å². The number of anilines is 1. The predicted molar refractivity (Wildman–Crippen MR) is 83.6 cm³/mol. The molecular formula is C13H14ClFN2O2S2. The Bertz CT molecular complexity index is 774. The molecule has 4 nitrogen and oxygen atoms in total. The zero-order valence-corrected chi connectivity index (χ0v) is 13.7. The van der Waals surface area contributed by atoms with Crippen LogP contribution in [0.15, 0.2) is 29.2 Å². The lowest BCUT2D eigenvalue weighted by Gasteiger charge is -2.15. The van der Waals surface area contributed by atoms with Crippen LogP contribution >= 0.6 is 22.9 Å². The monoisotopic (exact) mass is 348 g/mol. The molecule has 2 aromatic rings. The Labute approximate surface area is 131 Å². The van der Waals surface area contributed by atoms with Gasteiger partial charge in [0.05, 0.1) is 15.3 Å². The molecule has 0 aliphatic rings. The van der Waals surface area contributed by atoms with Crippen LogP contribution in [0.1, 0.15) is 23.4 Å². The van der Waals surface area contributed by atoms with Gasteiger partial charge in [-0.2, -0.15) is 0 Å². The van der Waals surface area contributed by atoms with E-state index in [4.69, 9.17) is 17.3 Å². The van der Waals surface area contributed by atoms with E-state index < -0.39 is 21.9 Å². The number of thiophene rings is 1. The van der Waals surface area contributed by atoms with Crippen LogP contribution in [-0.4, -0.2) is 8.42 Å². The number of hydrogen-bond acceptors (Lipinski definition) is 4. The van der Waals surface area contributed by atoms with E-state index in [1.165, 1.54) is 24.3 Å². The molecule has 0 bridgehead atoms. The zero-order chi connectivity index (χ0) is 15.8. The Balaban J connectivity index is 2.35. The number of nitrogens with one attached hydrogen (secondary N) is 1. The SMILES string of the molecule is Cc1c(F)cc(N)cc1S(=O)(=O)NC(C)c1ccc(Cl)s1. The maximum Gasteiger partial charge on any atom is 0.241 e. The number of benzene rings is 1. The van der Waals surface area contributed by atoms with Crippen molar-refractivity contribution in [1.82, 2.24) is 4.72 Å². The summed E-state index contributed by atoms with van der Waals surface area (Å²) in [4.78, 5) is 0.611. The number of hydrogen-bond donors (Lipinski definition) is 2. The highest BCUT2D eigenvalue weighted by Gasteiger charge is 2.23. The maximum atomic E-state index is 13.6. The molecule has 1 atom stereocenters. The fourth-order valence-corrected chi connectivity index (χ4v) is 4.52. The molecule has 2 rings (SSSR count). The van der Waals surface area contributed by atoms with E-state index in [1.54, 1.807) is 19.1 Å². The molecule has 21 heavy (non-hydrogen) atoms. The maximum absolute atomic E-state index is 13.6. The van der Waals surface area contributed by atoms with Crippen LogP contribution in [0.5, 0.6) is 0 Å². The average Bonchev–Trinajstić information content (AvgIpc) is 2.80. The summed E-state index contributed by atoms with van der Waals surface area (Å²) in [5, 5.41) is 0. The minimum absolute atomic E-state index is 0.0353. The van der Waals surface area contributed by atoms with Crippen LogP contribution in [0.3, 0.4) is 0 Å². The van der Waals surface area contributed by atoms with Crippen molar-refractivity contribution >= 4 is 38.6 Å². The van der Waals surface area contributed by atoms with Gasteiger partial charge in [-0.3, -0.25) is 0 Å². The van der Waals surface area contributed by atoms with E-state index in [9.17, 15) is 12.8 Å². The second-order valence-electron chi connectivity index (χ2n) is 4.61. The summed E-state index contributed by atoms with van der Waals surface area (Å²) in [6.07, 6.45) is 0. The van der Waals surface area contributed by atoms with Crippen molar-refractivity contribution in [3.63, 3.8) is 0 Å². The van der Waals surface area contributed by atoms with Crippen LogP contribution in [0.4, 0.5) is 10.1 Å². The average molecular weight is 349 g/mol. The third-order valence-corrected chi connectivity index (χ3v) is 6.04. The Morgan fingerprint density at radius 2 is 2.05 bits per heavy atom. The molecular weight excluding hydrogens is 335 g/mol. The van der Waals surface area contributed by atoms with E-state index in [2.05, 4.69) is 4.72 Å². The van der Waals surface area contributed by atoms with Crippen LogP contribution < -0.4 is 10.5 Å². The predicted octanol–water partition coefficient (Wildman–Crippen LogP) is 3.47. The van der Waals surface area contributed by atoms with Gasteiger partial charge in [0.15, 0.2) is 0 Å². The lowest BCUT2D eigenvalue weighted by Crippen LogP contribution is -2.27. The van der Waals surface area contributed by atoms with Gasteiger partial charge >= 0.3 is 0 Å². The highest BCUT2D eigenvalue weighted by Crippen LogP contribution is 2.29. The Kier molecular flexibility index (Phi) is 4.57. The molecule has 0 amide bonds. The minimum atomic E-state index is -3.88. The zero-order valence-electron chi connectivity index (χ0n) is 11.4. The molecule has 0 saturated heterocycles. The first kappa shape index (κ1) is 16.2. The van der Waals surface area contributed by atoms with Crippen molar-refractivity contribution in [2.75, 3.05) is 5.73 Å². The Morgan fingerprint density at radius 1 is 1.38 bits per heavy atom. The molecule has 8 heteroatoms. The highest BCUT2D eigenvalue weighted by molar-refractivity contribution is 7.89. The van der Waals surface area contributed by atoms with Gasteiger partial charge in [0, 0.05) is 16.1 Å². The van der Waals surface area contributed by atoms with Crippen LogP contribution in [0.25, 0.3) is 0 Å². The number of rotatable bonds is 4. The summed E-state index contributed by atoms with van der Waals surface area (Å²) in [7, 11) is -3.88. The lowest BCUT2D eigenvalue weighted by molar-refractivity contribution is 0.563. The summed E-state index contributed by atoms with van der Waals surface area (Å²) in [6, 6.07) is 5.30. The smallest absolute Gasteiger partial charge is 0.241 e. The van der Waals surface area contributed by atoms with Crippen LogP contribution in [-0.2, 0) is 10.0 Å². The molecule has 1 heterocycles. The van der Waals surface area contributed by atoms with Gasteiger partial charge in [-0.15, -0.1) is 11.3 Å². The standard InChI is InChI=1S/C13H14ClFN2O2S2/c1-7-10(15)5-9(16)6-12(7)21(18,19)17-8(2)11-3-4-13(14)20-11/h3-6,8,17H,16H2,1-2H3. The molecule has 114 valence electrons. The third-order valence-electron chi connectivity index (χ3n) is 2.96. The van der Waals surface area contributed by atoms with Crippen molar-refractivity contribution in [2.24, 2.45) is 0 Å². The van der Waals surface area contributed by atoms with E-state index in [0.717, 1.165) is 10.9 Å². The van der Waals surface area contributed by atoms with Crippen molar-refractivity contribution in [2.45, 2.75) is 24.8 Å². The molecule has 0 fully saturated rings. The fraction of sp³-hybridized carbons (Fsp3) is 0.231.